The van der Waals surface area contributed by atoms with Crippen LogP contribution >= 0.6 is 0 Å². The molecular formula is C10H9F3O2. The lowest BCUT2D eigenvalue weighted by molar-refractivity contribution is -0.185. The van der Waals surface area contributed by atoms with Gasteiger partial charge in [0.2, 0.25) is 0 Å². The van der Waals surface area contributed by atoms with Crippen LogP contribution in [0.15, 0.2) is 30.3 Å². The van der Waals surface area contributed by atoms with E-state index < -0.39 is 18.9 Å². The van der Waals surface area contributed by atoms with Crippen LogP contribution in [-0.2, 0) is 9.53 Å². The molecule has 0 fully saturated rings. The molecule has 0 aliphatic rings. The first-order valence-corrected chi connectivity index (χ1v) is 4.21. The first-order chi connectivity index (χ1) is 7.03. The molecule has 2 nitrogen and oxygen atoms in total. The van der Waals surface area contributed by atoms with E-state index in [1.54, 1.807) is 18.2 Å². The molecule has 82 valence electrons. The molecule has 0 amide bonds. The molecule has 0 aromatic heterocycles. The summed E-state index contributed by atoms with van der Waals surface area (Å²) in [4.78, 5) is 10.5. The van der Waals surface area contributed by atoms with Crippen LogP contribution in [0, 0.1) is 0 Å². The van der Waals surface area contributed by atoms with Gasteiger partial charge in [0.05, 0.1) is 0 Å². The van der Waals surface area contributed by atoms with E-state index in [-0.39, 0.29) is 0 Å². The Balaban J connectivity index is 2.62. The SMILES string of the molecule is O=CC(OCC(F)(F)F)c1ccccc1. The average molecular weight is 218 g/mol. The number of benzene rings is 1. The molecule has 0 saturated heterocycles. The van der Waals surface area contributed by atoms with E-state index >= 15 is 0 Å². The number of halogens is 3. The molecule has 0 N–H and O–H groups in total. The van der Waals surface area contributed by atoms with Crippen LogP contribution in [0.4, 0.5) is 13.2 Å². The van der Waals surface area contributed by atoms with Crippen molar-refractivity contribution in [3.8, 4) is 0 Å². The fourth-order valence-corrected chi connectivity index (χ4v) is 1.04. The van der Waals surface area contributed by atoms with Gasteiger partial charge in [-0.2, -0.15) is 13.2 Å². The summed E-state index contributed by atoms with van der Waals surface area (Å²) in [5.74, 6) is 0. The van der Waals surface area contributed by atoms with E-state index in [1.807, 2.05) is 0 Å². The average Bonchev–Trinajstić information content (AvgIpc) is 2.19. The van der Waals surface area contributed by atoms with Crippen molar-refractivity contribution in [2.45, 2.75) is 12.3 Å². The lowest BCUT2D eigenvalue weighted by Gasteiger charge is -2.13. The Kier molecular flexibility index (Phi) is 3.85. The van der Waals surface area contributed by atoms with Gasteiger partial charge in [0.1, 0.15) is 12.7 Å². The smallest absolute Gasteiger partial charge is 0.357 e. The van der Waals surface area contributed by atoms with E-state index in [4.69, 9.17) is 0 Å². The van der Waals surface area contributed by atoms with Gasteiger partial charge in [-0.05, 0) is 5.56 Å². The highest BCUT2D eigenvalue weighted by molar-refractivity contribution is 5.59. The minimum atomic E-state index is -4.42. The molecule has 0 aliphatic heterocycles. The molecule has 1 aromatic rings. The first kappa shape index (κ1) is 11.7. The third-order valence-corrected chi connectivity index (χ3v) is 1.68. The van der Waals surface area contributed by atoms with Gasteiger partial charge in [0.25, 0.3) is 0 Å². The topological polar surface area (TPSA) is 26.3 Å². The van der Waals surface area contributed by atoms with Gasteiger partial charge >= 0.3 is 6.18 Å². The van der Waals surface area contributed by atoms with Crippen LogP contribution in [0.5, 0.6) is 0 Å². The monoisotopic (exact) mass is 218 g/mol. The van der Waals surface area contributed by atoms with Crippen molar-refractivity contribution in [2.24, 2.45) is 0 Å². The minimum Gasteiger partial charge on any atom is -0.357 e. The Morgan fingerprint density at radius 3 is 2.33 bits per heavy atom. The number of carbonyl (C=O) groups is 1. The third kappa shape index (κ3) is 4.12. The molecule has 1 unspecified atom stereocenters. The van der Waals surface area contributed by atoms with E-state index in [0.717, 1.165) is 0 Å². The summed E-state index contributed by atoms with van der Waals surface area (Å²) < 4.78 is 39.9. The highest BCUT2D eigenvalue weighted by Gasteiger charge is 2.29. The van der Waals surface area contributed by atoms with Crippen molar-refractivity contribution in [2.75, 3.05) is 6.61 Å². The quantitative estimate of drug-likeness (QED) is 0.726. The Labute approximate surface area is 84.7 Å². The molecule has 1 aromatic carbocycles. The highest BCUT2D eigenvalue weighted by Crippen LogP contribution is 2.20. The standard InChI is InChI=1S/C10H9F3O2/c11-10(12,13)7-15-9(6-14)8-4-2-1-3-5-8/h1-6,9H,7H2. The second-order valence-electron chi connectivity index (χ2n) is 2.89. The fourth-order valence-electron chi connectivity index (χ4n) is 1.04. The zero-order valence-electron chi connectivity index (χ0n) is 7.70. The zero-order chi connectivity index (χ0) is 11.3. The van der Waals surface area contributed by atoms with E-state index in [0.29, 0.717) is 11.8 Å². The zero-order valence-corrected chi connectivity index (χ0v) is 7.70. The molecule has 5 heteroatoms. The molecule has 15 heavy (non-hydrogen) atoms. The Hall–Kier alpha value is -1.36. The number of hydrogen-bond acceptors (Lipinski definition) is 2. The van der Waals surface area contributed by atoms with Crippen molar-refractivity contribution in [3.63, 3.8) is 0 Å². The molecular weight excluding hydrogens is 209 g/mol. The summed E-state index contributed by atoms with van der Waals surface area (Å²) >= 11 is 0. The van der Waals surface area contributed by atoms with Crippen LogP contribution < -0.4 is 0 Å². The van der Waals surface area contributed by atoms with E-state index in [1.165, 1.54) is 12.1 Å². The normalized spacial score (nSPS) is 13.5. The number of carbonyl (C=O) groups excluding carboxylic acids is 1. The van der Waals surface area contributed by atoms with Crippen LogP contribution in [-0.4, -0.2) is 19.1 Å². The predicted octanol–water partition coefficient (Wildman–Crippen LogP) is 2.51. The van der Waals surface area contributed by atoms with Crippen molar-refractivity contribution < 1.29 is 22.7 Å². The van der Waals surface area contributed by atoms with Gasteiger partial charge < -0.3 is 9.53 Å². The van der Waals surface area contributed by atoms with Gasteiger partial charge in [-0.15, -0.1) is 0 Å². The van der Waals surface area contributed by atoms with Gasteiger partial charge in [0, 0.05) is 0 Å². The number of alkyl halides is 3. The number of ether oxygens (including phenoxy) is 1. The molecule has 0 heterocycles. The molecule has 0 saturated carbocycles. The second-order valence-corrected chi connectivity index (χ2v) is 2.89. The van der Waals surface area contributed by atoms with Crippen molar-refractivity contribution in [1.29, 1.82) is 0 Å². The molecule has 0 aliphatic carbocycles. The first-order valence-electron chi connectivity index (χ1n) is 4.21. The number of aldehydes is 1. The maximum atomic E-state index is 11.8. The summed E-state index contributed by atoms with van der Waals surface area (Å²) in [6, 6.07) is 8.03. The summed E-state index contributed by atoms with van der Waals surface area (Å²) in [6.07, 6.45) is -5.23. The van der Waals surface area contributed by atoms with Gasteiger partial charge in [0.15, 0.2) is 6.29 Å². The summed E-state index contributed by atoms with van der Waals surface area (Å²) in [5.41, 5.74) is 0.414. The van der Waals surface area contributed by atoms with Gasteiger partial charge in [-0.25, -0.2) is 0 Å². The molecule has 1 rings (SSSR count). The lowest BCUT2D eigenvalue weighted by atomic mass is 10.1. The molecule has 0 radical (unpaired) electrons. The van der Waals surface area contributed by atoms with Crippen molar-refractivity contribution >= 4 is 6.29 Å². The molecule has 0 spiro atoms. The van der Waals surface area contributed by atoms with Crippen LogP contribution in [0.2, 0.25) is 0 Å². The van der Waals surface area contributed by atoms with E-state index in [2.05, 4.69) is 4.74 Å². The largest absolute Gasteiger partial charge is 0.411 e. The predicted molar refractivity (Wildman–Crippen MR) is 47.3 cm³/mol. The summed E-state index contributed by atoms with van der Waals surface area (Å²) in [5, 5.41) is 0. The maximum Gasteiger partial charge on any atom is 0.411 e. The van der Waals surface area contributed by atoms with Crippen molar-refractivity contribution in [1.82, 2.24) is 0 Å². The maximum absolute atomic E-state index is 11.8. The Morgan fingerprint density at radius 1 is 1.27 bits per heavy atom. The number of hydrogen-bond donors (Lipinski definition) is 0. The third-order valence-electron chi connectivity index (χ3n) is 1.68. The van der Waals surface area contributed by atoms with Gasteiger partial charge in [-0.1, -0.05) is 30.3 Å². The van der Waals surface area contributed by atoms with Crippen LogP contribution in [0.3, 0.4) is 0 Å². The Morgan fingerprint density at radius 2 is 1.87 bits per heavy atom. The molecule has 0 bridgehead atoms. The van der Waals surface area contributed by atoms with E-state index in [9.17, 15) is 18.0 Å². The summed E-state index contributed by atoms with van der Waals surface area (Å²) in [6.45, 7) is -1.43. The van der Waals surface area contributed by atoms with Gasteiger partial charge in [-0.3, -0.25) is 0 Å². The number of rotatable bonds is 4. The minimum absolute atomic E-state index is 0.348. The molecule has 1 atom stereocenters. The lowest BCUT2D eigenvalue weighted by Crippen LogP contribution is -2.20. The second kappa shape index (κ2) is 4.93. The fraction of sp³-hybridized carbons (Fsp3) is 0.300. The highest BCUT2D eigenvalue weighted by atomic mass is 19.4. The Bertz CT molecular complexity index is 308. The van der Waals surface area contributed by atoms with Crippen molar-refractivity contribution in [3.05, 3.63) is 35.9 Å². The van der Waals surface area contributed by atoms with Crippen LogP contribution in [0.25, 0.3) is 0 Å². The van der Waals surface area contributed by atoms with Crippen LogP contribution in [0.1, 0.15) is 11.7 Å². The summed E-state index contributed by atoms with van der Waals surface area (Å²) in [7, 11) is 0.